The molecule has 0 unspecified atom stereocenters. The third-order valence-electron chi connectivity index (χ3n) is 4.58. The SMILES string of the molecule is C[C@@H]1COCCN1c1cc(N=S(C)(C)=O)nc(-c2cc(F)nc3[nH]ccc23)c1. The summed E-state index contributed by atoms with van der Waals surface area (Å²) in [6.07, 6.45) is 4.84. The number of aromatic amines is 1. The summed E-state index contributed by atoms with van der Waals surface area (Å²) in [5, 5.41) is 0.765. The van der Waals surface area contributed by atoms with Crippen LogP contribution in [-0.2, 0) is 14.5 Å². The second-order valence-corrected chi connectivity index (χ2v) is 9.74. The van der Waals surface area contributed by atoms with Gasteiger partial charge in [0.25, 0.3) is 0 Å². The van der Waals surface area contributed by atoms with Crippen molar-refractivity contribution in [2.75, 3.05) is 37.2 Å². The summed E-state index contributed by atoms with van der Waals surface area (Å²) in [5.41, 5.74) is 2.52. The Morgan fingerprint density at radius 1 is 1.32 bits per heavy atom. The molecule has 9 heteroatoms. The number of nitrogens with one attached hydrogen (secondary N) is 1. The van der Waals surface area contributed by atoms with Crippen LogP contribution in [0.5, 0.6) is 0 Å². The molecule has 0 bridgehead atoms. The fourth-order valence-corrected chi connectivity index (χ4v) is 3.95. The summed E-state index contributed by atoms with van der Waals surface area (Å²) < 4.78 is 36.2. The second-order valence-electron chi connectivity index (χ2n) is 7.19. The topological polar surface area (TPSA) is 83.5 Å². The van der Waals surface area contributed by atoms with Gasteiger partial charge in [-0.3, -0.25) is 0 Å². The highest BCUT2D eigenvalue weighted by Gasteiger charge is 2.21. The highest BCUT2D eigenvalue weighted by atomic mass is 32.2. The normalized spacial score (nSPS) is 17.9. The van der Waals surface area contributed by atoms with Crippen LogP contribution in [0.15, 0.2) is 34.8 Å². The minimum absolute atomic E-state index is 0.172. The predicted octanol–water partition coefficient (Wildman–Crippen LogP) is 3.35. The molecule has 4 rings (SSSR count). The maximum Gasteiger partial charge on any atom is 0.215 e. The van der Waals surface area contributed by atoms with Gasteiger partial charge in [-0.2, -0.15) is 8.75 Å². The molecule has 0 spiro atoms. The number of morpholine rings is 1. The van der Waals surface area contributed by atoms with Gasteiger partial charge in [0.15, 0.2) is 5.82 Å². The van der Waals surface area contributed by atoms with Gasteiger partial charge in [-0.05, 0) is 19.1 Å². The summed E-state index contributed by atoms with van der Waals surface area (Å²) in [6, 6.07) is 7.11. The minimum atomic E-state index is -2.40. The number of anilines is 1. The van der Waals surface area contributed by atoms with Crippen molar-refractivity contribution in [3.63, 3.8) is 0 Å². The molecule has 0 aliphatic carbocycles. The molecule has 0 radical (unpaired) electrons. The third kappa shape index (κ3) is 3.85. The lowest BCUT2D eigenvalue weighted by atomic mass is 10.1. The van der Waals surface area contributed by atoms with E-state index < -0.39 is 15.7 Å². The Morgan fingerprint density at radius 2 is 2.14 bits per heavy atom. The first-order valence-corrected chi connectivity index (χ1v) is 11.3. The highest BCUT2D eigenvalue weighted by molar-refractivity contribution is 7.92. The van der Waals surface area contributed by atoms with Gasteiger partial charge in [-0.1, -0.05) is 0 Å². The zero-order chi connectivity index (χ0) is 19.9. The smallest absolute Gasteiger partial charge is 0.215 e. The summed E-state index contributed by atoms with van der Waals surface area (Å²) in [7, 11) is -2.40. The van der Waals surface area contributed by atoms with Crippen molar-refractivity contribution in [2.45, 2.75) is 13.0 Å². The first-order valence-electron chi connectivity index (χ1n) is 8.98. The van der Waals surface area contributed by atoms with E-state index >= 15 is 0 Å². The first kappa shape index (κ1) is 18.8. The van der Waals surface area contributed by atoms with E-state index in [0.717, 1.165) is 17.6 Å². The summed E-state index contributed by atoms with van der Waals surface area (Å²) in [4.78, 5) is 13.6. The van der Waals surface area contributed by atoms with Gasteiger partial charge in [0, 0.05) is 69.8 Å². The highest BCUT2D eigenvalue weighted by Crippen LogP contribution is 2.33. The van der Waals surface area contributed by atoms with Crippen LogP contribution in [-0.4, -0.2) is 57.5 Å². The van der Waals surface area contributed by atoms with Crippen molar-refractivity contribution in [3.8, 4) is 11.3 Å². The molecule has 0 saturated carbocycles. The van der Waals surface area contributed by atoms with Crippen LogP contribution in [0.3, 0.4) is 0 Å². The van der Waals surface area contributed by atoms with E-state index in [9.17, 15) is 8.60 Å². The maximum atomic E-state index is 14.1. The van der Waals surface area contributed by atoms with Gasteiger partial charge in [-0.25, -0.2) is 14.2 Å². The molecular weight excluding hydrogens is 381 g/mol. The van der Waals surface area contributed by atoms with Crippen LogP contribution in [0, 0.1) is 5.95 Å². The molecule has 0 aromatic carbocycles. The van der Waals surface area contributed by atoms with E-state index in [2.05, 4.69) is 31.1 Å². The van der Waals surface area contributed by atoms with Gasteiger partial charge in [-0.15, -0.1) is 0 Å². The average Bonchev–Trinajstić information content (AvgIpc) is 3.08. The number of hydrogen-bond acceptors (Lipinski definition) is 6. The van der Waals surface area contributed by atoms with Gasteiger partial charge < -0.3 is 14.6 Å². The van der Waals surface area contributed by atoms with Crippen LogP contribution in [0.1, 0.15) is 6.92 Å². The molecule has 0 amide bonds. The summed E-state index contributed by atoms with van der Waals surface area (Å²) >= 11 is 0. The Morgan fingerprint density at radius 3 is 2.89 bits per heavy atom. The molecule has 1 fully saturated rings. The lowest BCUT2D eigenvalue weighted by molar-refractivity contribution is 0.0989. The summed E-state index contributed by atoms with van der Waals surface area (Å²) in [5.74, 6) is -0.229. The number of ether oxygens (including phenoxy) is 1. The quantitative estimate of drug-likeness (QED) is 0.678. The van der Waals surface area contributed by atoms with Crippen molar-refractivity contribution >= 4 is 32.3 Å². The Kier molecular flexibility index (Phi) is 4.80. The molecule has 3 aromatic rings. The minimum Gasteiger partial charge on any atom is -0.377 e. The fourth-order valence-electron chi connectivity index (χ4n) is 3.41. The Balaban J connectivity index is 1.93. The molecule has 1 N–H and O–H groups in total. The number of hydrogen-bond donors (Lipinski definition) is 1. The Hall–Kier alpha value is -2.52. The van der Waals surface area contributed by atoms with E-state index in [0.29, 0.717) is 35.9 Å². The number of aromatic nitrogens is 3. The average molecular weight is 403 g/mol. The molecule has 1 saturated heterocycles. The summed E-state index contributed by atoms with van der Waals surface area (Å²) in [6.45, 7) is 4.05. The van der Waals surface area contributed by atoms with Crippen molar-refractivity contribution < 1.29 is 13.3 Å². The largest absolute Gasteiger partial charge is 0.377 e. The Bertz CT molecular complexity index is 1140. The van der Waals surface area contributed by atoms with Gasteiger partial charge in [0.05, 0.1) is 18.9 Å². The van der Waals surface area contributed by atoms with Crippen LogP contribution >= 0.6 is 0 Å². The van der Waals surface area contributed by atoms with E-state index in [1.54, 1.807) is 18.7 Å². The van der Waals surface area contributed by atoms with Crippen molar-refractivity contribution in [1.82, 2.24) is 15.0 Å². The molecule has 1 atom stereocenters. The van der Waals surface area contributed by atoms with Crippen LogP contribution in [0.4, 0.5) is 15.9 Å². The molecule has 4 heterocycles. The number of rotatable bonds is 3. The van der Waals surface area contributed by atoms with E-state index in [4.69, 9.17) is 4.74 Å². The van der Waals surface area contributed by atoms with Crippen LogP contribution in [0.2, 0.25) is 0 Å². The lowest BCUT2D eigenvalue weighted by Crippen LogP contribution is -2.43. The maximum absolute atomic E-state index is 14.1. The number of halogens is 1. The molecule has 28 heavy (non-hydrogen) atoms. The molecular formula is C19H22FN5O2S. The molecule has 1 aliphatic heterocycles. The van der Waals surface area contributed by atoms with E-state index in [1.165, 1.54) is 6.07 Å². The van der Waals surface area contributed by atoms with Gasteiger partial charge >= 0.3 is 0 Å². The first-order chi connectivity index (χ1) is 13.3. The molecule has 3 aromatic heterocycles. The van der Waals surface area contributed by atoms with Crippen molar-refractivity contribution in [3.05, 3.63) is 36.4 Å². The lowest BCUT2D eigenvalue weighted by Gasteiger charge is -2.35. The van der Waals surface area contributed by atoms with Crippen LogP contribution in [0.25, 0.3) is 22.3 Å². The fraction of sp³-hybridized carbons (Fsp3) is 0.368. The molecule has 148 valence electrons. The zero-order valence-corrected chi connectivity index (χ0v) is 16.8. The standard InChI is InChI=1S/C19H22FN5O2S/c1-12-11-27-7-6-25(12)13-8-16(22-18(9-13)24-28(2,3)26)15-10-17(20)23-19-14(15)4-5-21-19/h4-5,8-10,12H,6-7,11H2,1-3H3,(H,21,23)/t12-/m1/s1. The van der Waals surface area contributed by atoms with E-state index in [-0.39, 0.29) is 6.04 Å². The van der Waals surface area contributed by atoms with E-state index in [1.807, 2.05) is 18.2 Å². The van der Waals surface area contributed by atoms with Crippen molar-refractivity contribution in [1.29, 1.82) is 0 Å². The molecule has 1 aliphatic rings. The Labute approximate surface area is 163 Å². The third-order valence-corrected chi connectivity index (χ3v) is 5.21. The van der Waals surface area contributed by atoms with Gasteiger partial charge in [0.1, 0.15) is 5.65 Å². The predicted molar refractivity (Wildman–Crippen MR) is 109 cm³/mol. The van der Waals surface area contributed by atoms with Gasteiger partial charge in [0.2, 0.25) is 5.95 Å². The number of nitrogens with zero attached hydrogens (tertiary/aromatic N) is 4. The zero-order valence-electron chi connectivity index (χ0n) is 16.0. The number of pyridine rings is 2. The monoisotopic (exact) mass is 403 g/mol. The van der Waals surface area contributed by atoms with Crippen LogP contribution < -0.4 is 4.90 Å². The number of H-pyrrole nitrogens is 1. The van der Waals surface area contributed by atoms with Crippen molar-refractivity contribution in [2.24, 2.45) is 4.36 Å². The molecule has 7 nitrogen and oxygen atoms in total. The number of fused-ring (bicyclic) bond motifs is 1. The second kappa shape index (κ2) is 7.14.